The first-order valence-electron chi connectivity index (χ1n) is 8.39. The van der Waals surface area contributed by atoms with Gasteiger partial charge in [0, 0.05) is 35.6 Å². The Labute approximate surface area is 150 Å². The molecule has 0 atom stereocenters. The number of hydrogen-bond donors (Lipinski definition) is 2. The highest BCUT2D eigenvalue weighted by atomic mass is 16.5. The van der Waals surface area contributed by atoms with Crippen LogP contribution in [0.3, 0.4) is 0 Å². The summed E-state index contributed by atoms with van der Waals surface area (Å²) in [5.74, 6) is 0.567. The van der Waals surface area contributed by atoms with Crippen molar-refractivity contribution in [3.8, 4) is 5.75 Å². The summed E-state index contributed by atoms with van der Waals surface area (Å²) in [6.07, 6.45) is 1.40. The fourth-order valence-corrected chi connectivity index (χ4v) is 3.02. The topological polar surface area (TPSA) is 87.6 Å². The number of benzene rings is 2. The van der Waals surface area contributed by atoms with Gasteiger partial charge in [0.2, 0.25) is 0 Å². The van der Waals surface area contributed by atoms with Gasteiger partial charge < -0.3 is 20.1 Å². The second-order valence-corrected chi connectivity index (χ2v) is 5.99. The van der Waals surface area contributed by atoms with E-state index < -0.39 is 0 Å². The monoisotopic (exact) mass is 350 g/mol. The smallest absolute Gasteiger partial charge is 0.274 e. The van der Waals surface area contributed by atoms with E-state index in [0.29, 0.717) is 35.8 Å². The number of ether oxygens (including phenoxy) is 1. The van der Waals surface area contributed by atoms with Crippen molar-refractivity contribution >= 4 is 28.2 Å². The van der Waals surface area contributed by atoms with E-state index in [1.165, 1.54) is 6.33 Å². The van der Waals surface area contributed by atoms with Crippen LogP contribution in [0, 0.1) is 0 Å². The molecule has 0 unspecified atom stereocenters. The molecule has 0 spiro atoms. The molecule has 2 heterocycles. The van der Waals surface area contributed by atoms with E-state index in [1.54, 1.807) is 18.2 Å². The Morgan fingerprint density at radius 1 is 1.08 bits per heavy atom. The van der Waals surface area contributed by atoms with Crippen molar-refractivity contribution in [3.05, 3.63) is 54.5 Å². The van der Waals surface area contributed by atoms with Gasteiger partial charge in [-0.3, -0.25) is 4.79 Å². The molecule has 0 radical (unpaired) electrons. The third kappa shape index (κ3) is 3.16. The molecule has 4 rings (SSSR count). The second kappa shape index (κ2) is 6.97. The molecule has 26 heavy (non-hydrogen) atoms. The molecule has 2 N–H and O–H groups in total. The molecule has 1 aromatic heterocycles. The SMILES string of the molecule is O=C(Nc1ccc(O)c2ccccc12)c1cc(N2CCOCC2)ncn1. The lowest BCUT2D eigenvalue weighted by Crippen LogP contribution is -2.37. The Morgan fingerprint density at radius 3 is 2.65 bits per heavy atom. The quantitative estimate of drug-likeness (QED) is 0.706. The van der Waals surface area contributed by atoms with Gasteiger partial charge in [-0.2, -0.15) is 0 Å². The predicted octanol–water partition coefficient (Wildman–Crippen LogP) is 2.42. The summed E-state index contributed by atoms with van der Waals surface area (Å²) >= 11 is 0. The largest absolute Gasteiger partial charge is 0.507 e. The van der Waals surface area contributed by atoms with Crippen molar-refractivity contribution in [2.45, 2.75) is 0 Å². The molecule has 7 nitrogen and oxygen atoms in total. The van der Waals surface area contributed by atoms with Crippen LogP contribution in [-0.2, 0) is 4.74 Å². The number of rotatable bonds is 3. The number of morpholine rings is 1. The molecule has 3 aromatic rings. The van der Waals surface area contributed by atoms with Gasteiger partial charge in [-0.1, -0.05) is 24.3 Å². The van der Waals surface area contributed by atoms with Crippen LogP contribution < -0.4 is 10.2 Å². The zero-order valence-corrected chi connectivity index (χ0v) is 14.1. The van der Waals surface area contributed by atoms with E-state index in [-0.39, 0.29) is 11.7 Å². The van der Waals surface area contributed by atoms with E-state index in [9.17, 15) is 9.90 Å². The van der Waals surface area contributed by atoms with Crippen molar-refractivity contribution in [2.24, 2.45) is 0 Å². The van der Waals surface area contributed by atoms with Crippen molar-refractivity contribution in [1.29, 1.82) is 0 Å². The van der Waals surface area contributed by atoms with E-state index in [1.807, 2.05) is 24.3 Å². The highest BCUT2D eigenvalue weighted by Gasteiger charge is 2.16. The van der Waals surface area contributed by atoms with Gasteiger partial charge in [-0.25, -0.2) is 9.97 Å². The number of anilines is 2. The van der Waals surface area contributed by atoms with Gasteiger partial charge in [0.15, 0.2) is 0 Å². The average Bonchev–Trinajstić information content (AvgIpc) is 2.71. The van der Waals surface area contributed by atoms with Gasteiger partial charge in [-0.05, 0) is 12.1 Å². The van der Waals surface area contributed by atoms with Crippen LogP contribution in [-0.4, -0.2) is 47.3 Å². The zero-order chi connectivity index (χ0) is 17.9. The van der Waals surface area contributed by atoms with Crippen molar-refractivity contribution < 1.29 is 14.6 Å². The first-order valence-corrected chi connectivity index (χ1v) is 8.39. The summed E-state index contributed by atoms with van der Waals surface area (Å²) in [5.41, 5.74) is 0.911. The number of nitrogens with zero attached hydrogens (tertiary/aromatic N) is 3. The number of carbonyl (C=O) groups is 1. The Balaban J connectivity index is 1.60. The molecule has 1 saturated heterocycles. The standard InChI is InChI=1S/C19H18N4O3/c24-17-6-5-15(13-3-1-2-4-14(13)17)22-19(25)16-11-18(21-12-20-16)23-7-9-26-10-8-23/h1-6,11-12,24H,7-10H2,(H,22,25). The maximum Gasteiger partial charge on any atom is 0.274 e. The number of amides is 1. The second-order valence-electron chi connectivity index (χ2n) is 5.99. The molecule has 1 aliphatic rings. The molecule has 1 amide bonds. The summed E-state index contributed by atoms with van der Waals surface area (Å²) in [4.78, 5) is 23.1. The fraction of sp³-hybridized carbons (Fsp3) is 0.211. The van der Waals surface area contributed by atoms with E-state index in [0.717, 1.165) is 18.5 Å². The Hall–Kier alpha value is -3.19. The number of fused-ring (bicyclic) bond motifs is 1. The van der Waals surface area contributed by atoms with Gasteiger partial charge in [0.05, 0.1) is 13.2 Å². The molecule has 132 valence electrons. The van der Waals surface area contributed by atoms with Crippen molar-refractivity contribution in [3.63, 3.8) is 0 Å². The van der Waals surface area contributed by atoms with Gasteiger partial charge >= 0.3 is 0 Å². The van der Waals surface area contributed by atoms with Crippen LogP contribution in [0.2, 0.25) is 0 Å². The molecule has 0 bridgehead atoms. The predicted molar refractivity (Wildman–Crippen MR) is 98.6 cm³/mol. The molecular weight excluding hydrogens is 332 g/mol. The number of phenols is 1. The van der Waals surface area contributed by atoms with Crippen LogP contribution in [0.1, 0.15) is 10.5 Å². The third-order valence-corrected chi connectivity index (χ3v) is 4.37. The summed E-state index contributed by atoms with van der Waals surface area (Å²) in [6.45, 7) is 2.76. The fourth-order valence-electron chi connectivity index (χ4n) is 3.02. The molecule has 0 aliphatic carbocycles. The molecule has 1 fully saturated rings. The van der Waals surface area contributed by atoms with Crippen LogP contribution in [0.4, 0.5) is 11.5 Å². The number of carbonyl (C=O) groups excluding carboxylic acids is 1. The third-order valence-electron chi connectivity index (χ3n) is 4.37. The molecule has 7 heteroatoms. The van der Waals surface area contributed by atoms with E-state index >= 15 is 0 Å². The van der Waals surface area contributed by atoms with Gasteiger partial charge in [0.25, 0.3) is 5.91 Å². The first kappa shape index (κ1) is 16.3. The number of aromatic hydroxyl groups is 1. The Morgan fingerprint density at radius 2 is 1.85 bits per heavy atom. The number of nitrogens with one attached hydrogen (secondary N) is 1. The lowest BCUT2D eigenvalue weighted by atomic mass is 10.1. The lowest BCUT2D eigenvalue weighted by Gasteiger charge is -2.27. The minimum absolute atomic E-state index is 0.176. The summed E-state index contributed by atoms with van der Waals surface area (Å²) < 4.78 is 5.34. The van der Waals surface area contributed by atoms with Gasteiger partial charge in [-0.15, -0.1) is 0 Å². The van der Waals surface area contributed by atoms with Crippen LogP contribution in [0.25, 0.3) is 10.8 Å². The summed E-state index contributed by atoms with van der Waals surface area (Å²) in [7, 11) is 0. The van der Waals surface area contributed by atoms with Crippen molar-refractivity contribution in [1.82, 2.24) is 9.97 Å². The summed E-state index contributed by atoms with van der Waals surface area (Å²) in [5, 5.41) is 14.3. The van der Waals surface area contributed by atoms with E-state index in [4.69, 9.17) is 4.74 Å². The average molecular weight is 350 g/mol. The molecule has 0 saturated carbocycles. The van der Waals surface area contributed by atoms with Crippen LogP contribution >= 0.6 is 0 Å². The molecule has 2 aromatic carbocycles. The maximum atomic E-state index is 12.7. The molecule has 1 aliphatic heterocycles. The zero-order valence-electron chi connectivity index (χ0n) is 14.1. The van der Waals surface area contributed by atoms with Crippen LogP contribution in [0.15, 0.2) is 48.8 Å². The number of aromatic nitrogens is 2. The van der Waals surface area contributed by atoms with Crippen molar-refractivity contribution in [2.75, 3.05) is 36.5 Å². The maximum absolute atomic E-state index is 12.7. The highest BCUT2D eigenvalue weighted by molar-refractivity contribution is 6.09. The Kier molecular flexibility index (Phi) is 4.37. The van der Waals surface area contributed by atoms with E-state index in [2.05, 4.69) is 20.2 Å². The Bertz CT molecular complexity index is 954. The first-order chi connectivity index (χ1) is 12.7. The minimum atomic E-state index is -0.322. The number of hydrogen-bond acceptors (Lipinski definition) is 6. The van der Waals surface area contributed by atoms with Crippen LogP contribution in [0.5, 0.6) is 5.75 Å². The molecular formula is C19H18N4O3. The normalized spacial score (nSPS) is 14.4. The lowest BCUT2D eigenvalue weighted by molar-refractivity contribution is 0.102. The summed E-state index contributed by atoms with van der Waals surface area (Å²) in [6, 6.07) is 12.3. The van der Waals surface area contributed by atoms with Gasteiger partial charge in [0.1, 0.15) is 23.6 Å². The number of phenolic OH excluding ortho intramolecular Hbond substituents is 1. The minimum Gasteiger partial charge on any atom is -0.507 e. The highest BCUT2D eigenvalue weighted by Crippen LogP contribution is 2.30.